The second-order valence-electron chi connectivity index (χ2n) is 6.10. The molecule has 27 heavy (non-hydrogen) atoms. The van der Waals surface area contributed by atoms with Crippen LogP contribution in [0, 0.1) is 0 Å². The van der Waals surface area contributed by atoms with Crippen molar-refractivity contribution in [1.29, 1.82) is 0 Å². The van der Waals surface area contributed by atoms with Gasteiger partial charge in [0.25, 0.3) is 0 Å². The van der Waals surface area contributed by atoms with Crippen LogP contribution >= 0.6 is 39.9 Å². The zero-order valence-electron chi connectivity index (χ0n) is 15.1. The van der Waals surface area contributed by atoms with Crippen molar-refractivity contribution in [3.63, 3.8) is 0 Å². The van der Waals surface area contributed by atoms with Crippen LogP contribution in [0.1, 0.15) is 11.1 Å². The molecule has 1 amide bonds. The van der Waals surface area contributed by atoms with Gasteiger partial charge in [-0.1, -0.05) is 54.3 Å². The Bertz CT molecular complexity index is 845. The number of ether oxygens (including phenoxy) is 2. The van der Waals surface area contributed by atoms with E-state index in [1.54, 1.807) is 19.1 Å². The molecule has 0 bridgehead atoms. The highest BCUT2D eigenvalue weighted by Gasteiger charge is 2.37. The molecule has 1 aliphatic heterocycles. The molecule has 1 fully saturated rings. The van der Waals surface area contributed by atoms with E-state index in [-0.39, 0.29) is 11.2 Å². The van der Waals surface area contributed by atoms with Crippen molar-refractivity contribution >= 4 is 50.1 Å². The monoisotopic (exact) mass is 465 g/mol. The highest BCUT2D eigenvalue weighted by atomic mass is 79.9. The molecule has 1 heterocycles. The number of benzene rings is 2. The van der Waals surface area contributed by atoms with Gasteiger partial charge in [-0.25, -0.2) is 0 Å². The van der Waals surface area contributed by atoms with Crippen molar-refractivity contribution in [2.24, 2.45) is 0 Å². The minimum absolute atomic E-state index is 0.0647. The number of thiocarbonyl (C=S) groups is 1. The third-order valence-electron chi connectivity index (χ3n) is 4.43. The van der Waals surface area contributed by atoms with Crippen LogP contribution in [0.4, 0.5) is 0 Å². The van der Waals surface area contributed by atoms with Gasteiger partial charge in [0, 0.05) is 12.6 Å². The fraction of sp³-hybridized carbons (Fsp3) is 0.300. The van der Waals surface area contributed by atoms with Crippen molar-refractivity contribution < 1.29 is 14.3 Å². The summed E-state index contributed by atoms with van der Waals surface area (Å²) in [5.74, 6) is 1.47. The number of rotatable bonds is 7. The SMILES string of the molecule is COc1cc(OC)c(C[C@@H]2SC(=S)N(CCc3ccccc3)C2=O)cc1Br. The first-order chi connectivity index (χ1) is 13.0. The first-order valence-corrected chi connectivity index (χ1v) is 10.6. The molecule has 0 aliphatic carbocycles. The Morgan fingerprint density at radius 3 is 2.52 bits per heavy atom. The summed E-state index contributed by atoms with van der Waals surface area (Å²) in [6.07, 6.45) is 1.34. The van der Waals surface area contributed by atoms with E-state index < -0.39 is 0 Å². The minimum Gasteiger partial charge on any atom is -0.496 e. The lowest BCUT2D eigenvalue weighted by atomic mass is 10.1. The van der Waals surface area contributed by atoms with Crippen molar-refractivity contribution in [3.8, 4) is 11.5 Å². The van der Waals surface area contributed by atoms with Gasteiger partial charge >= 0.3 is 0 Å². The van der Waals surface area contributed by atoms with E-state index in [1.165, 1.54) is 17.3 Å². The van der Waals surface area contributed by atoms with Crippen LogP contribution in [0.2, 0.25) is 0 Å². The van der Waals surface area contributed by atoms with Crippen LogP contribution < -0.4 is 9.47 Å². The van der Waals surface area contributed by atoms with E-state index in [4.69, 9.17) is 21.7 Å². The van der Waals surface area contributed by atoms with Gasteiger partial charge in [-0.3, -0.25) is 9.69 Å². The van der Waals surface area contributed by atoms with Crippen LogP contribution in [0.15, 0.2) is 46.9 Å². The lowest BCUT2D eigenvalue weighted by Gasteiger charge is -2.16. The summed E-state index contributed by atoms with van der Waals surface area (Å²) >= 11 is 10.4. The van der Waals surface area contributed by atoms with Crippen LogP contribution in [-0.2, 0) is 17.6 Å². The molecule has 0 aromatic heterocycles. The number of nitrogens with zero attached hydrogens (tertiary/aromatic N) is 1. The quantitative estimate of drug-likeness (QED) is 0.563. The van der Waals surface area contributed by atoms with Gasteiger partial charge in [0.15, 0.2) is 0 Å². The van der Waals surface area contributed by atoms with Gasteiger partial charge < -0.3 is 9.47 Å². The first-order valence-electron chi connectivity index (χ1n) is 8.49. The molecule has 1 aliphatic rings. The Morgan fingerprint density at radius 2 is 1.85 bits per heavy atom. The van der Waals surface area contributed by atoms with Gasteiger partial charge in [0.1, 0.15) is 15.8 Å². The minimum atomic E-state index is -0.234. The maximum Gasteiger partial charge on any atom is 0.241 e. The number of hydrogen-bond donors (Lipinski definition) is 0. The molecule has 2 aromatic carbocycles. The molecule has 0 unspecified atom stereocenters. The summed E-state index contributed by atoms with van der Waals surface area (Å²) < 4.78 is 12.3. The average molecular weight is 466 g/mol. The molecule has 7 heteroatoms. The largest absolute Gasteiger partial charge is 0.496 e. The molecule has 1 atom stereocenters. The highest BCUT2D eigenvalue weighted by molar-refractivity contribution is 9.10. The fourth-order valence-corrected chi connectivity index (χ4v) is 5.12. The summed E-state index contributed by atoms with van der Waals surface area (Å²) in [4.78, 5) is 14.6. The fourth-order valence-electron chi connectivity index (χ4n) is 3.00. The van der Waals surface area contributed by atoms with E-state index in [2.05, 4.69) is 28.1 Å². The number of hydrogen-bond acceptors (Lipinski definition) is 5. The first kappa shape index (κ1) is 20.2. The Labute approximate surface area is 177 Å². The molecule has 142 valence electrons. The molecule has 0 radical (unpaired) electrons. The van der Waals surface area contributed by atoms with E-state index >= 15 is 0 Å². The topological polar surface area (TPSA) is 38.8 Å². The maximum atomic E-state index is 12.9. The Morgan fingerprint density at radius 1 is 1.15 bits per heavy atom. The van der Waals surface area contributed by atoms with Crippen LogP contribution in [-0.4, -0.2) is 41.1 Å². The molecule has 2 aromatic rings. The second-order valence-corrected chi connectivity index (χ2v) is 8.79. The number of carbonyl (C=O) groups excluding carboxylic acids is 1. The molecular formula is C20H20BrNO3S2. The zero-order valence-corrected chi connectivity index (χ0v) is 18.3. The van der Waals surface area contributed by atoms with E-state index in [9.17, 15) is 4.79 Å². The molecule has 1 saturated heterocycles. The van der Waals surface area contributed by atoms with Crippen molar-refractivity contribution in [1.82, 2.24) is 4.90 Å². The van der Waals surface area contributed by atoms with Gasteiger partial charge in [0.2, 0.25) is 5.91 Å². The third kappa shape index (κ3) is 4.65. The normalized spacial score (nSPS) is 16.7. The average Bonchev–Trinajstić information content (AvgIpc) is 2.94. The van der Waals surface area contributed by atoms with Crippen LogP contribution in [0.3, 0.4) is 0 Å². The number of methoxy groups -OCH3 is 2. The Hall–Kier alpha value is -1.57. The van der Waals surface area contributed by atoms with Gasteiger partial charge in [0.05, 0.1) is 23.9 Å². The standard InChI is InChI=1S/C20H20BrNO3S2/c1-24-16-12-17(25-2)15(21)10-14(16)11-18-19(23)22(20(26)27-18)9-8-13-6-4-3-5-7-13/h3-7,10,12,18H,8-9,11H2,1-2H3/t18-/m0/s1. The summed E-state index contributed by atoms with van der Waals surface area (Å²) in [6, 6.07) is 13.9. The maximum absolute atomic E-state index is 12.9. The van der Waals surface area contributed by atoms with E-state index in [0.29, 0.717) is 28.8 Å². The van der Waals surface area contributed by atoms with Crippen molar-refractivity contribution in [2.45, 2.75) is 18.1 Å². The lowest BCUT2D eigenvalue weighted by Crippen LogP contribution is -2.33. The molecule has 0 spiro atoms. The van der Waals surface area contributed by atoms with Gasteiger partial charge in [-0.2, -0.15) is 0 Å². The molecule has 0 N–H and O–H groups in total. The molecular weight excluding hydrogens is 446 g/mol. The predicted molar refractivity (Wildman–Crippen MR) is 117 cm³/mol. The van der Waals surface area contributed by atoms with Crippen LogP contribution in [0.25, 0.3) is 0 Å². The van der Waals surface area contributed by atoms with Crippen molar-refractivity contribution in [2.75, 3.05) is 20.8 Å². The summed E-state index contributed by atoms with van der Waals surface area (Å²) in [5.41, 5.74) is 2.14. The third-order valence-corrected chi connectivity index (χ3v) is 6.64. The number of halogens is 1. The number of thioether (sulfide) groups is 1. The number of carbonyl (C=O) groups is 1. The summed E-state index contributed by atoms with van der Waals surface area (Å²) in [6.45, 7) is 0.606. The molecule has 3 rings (SSSR count). The van der Waals surface area contributed by atoms with Gasteiger partial charge in [-0.15, -0.1) is 0 Å². The Kier molecular flexibility index (Phi) is 6.78. The zero-order chi connectivity index (χ0) is 19.4. The van der Waals surface area contributed by atoms with Gasteiger partial charge in [-0.05, 0) is 46.0 Å². The lowest BCUT2D eigenvalue weighted by molar-refractivity contribution is -0.126. The smallest absolute Gasteiger partial charge is 0.241 e. The summed E-state index contributed by atoms with van der Waals surface area (Å²) in [5, 5.41) is -0.234. The second kappa shape index (κ2) is 9.08. The summed E-state index contributed by atoms with van der Waals surface area (Å²) in [7, 11) is 3.23. The Balaban J connectivity index is 1.71. The van der Waals surface area contributed by atoms with Crippen molar-refractivity contribution in [3.05, 3.63) is 58.1 Å². The predicted octanol–water partition coefficient (Wildman–Crippen LogP) is 4.48. The van der Waals surface area contributed by atoms with Crippen LogP contribution in [0.5, 0.6) is 11.5 Å². The highest BCUT2D eigenvalue weighted by Crippen LogP contribution is 2.37. The molecule has 0 saturated carbocycles. The van der Waals surface area contributed by atoms with E-state index in [0.717, 1.165) is 16.5 Å². The molecule has 4 nitrogen and oxygen atoms in total. The number of amides is 1. The van der Waals surface area contributed by atoms with E-state index in [1.807, 2.05) is 30.3 Å².